The van der Waals surface area contributed by atoms with E-state index >= 15 is 0 Å². The van der Waals surface area contributed by atoms with Gasteiger partial charge in [-0.25, -0.2) is 0 Å². The Bertz CT molecular complexity index is 494. The summed E-state index contributed by atoms with van der Waals surface area (Å²) in [5.74, 6) is 1.63. The summed E-state index contributed by atoms with van der Waals surface area (Å²) >= 11 is 3.43. The average Bonchev–Trinajstić information content (AvgIpc) is 2.67. The molecule has 84 valence electrons. The van der Waals surface area contributed by atoms with Gasteiger partial charge in [-0.05, 0) is 24.1 Å². The van der Waals surface area contributed by atoms with Crippen LogP contribution in [-0.2, 0) is 12.4 Å². The van der Waals surface area contributed by atoms with Crippen molar-refractivity contribution in [2.75, 3.05) is 0 Å². The van der Waals surface area contributed by atoms with E-state index in [2.05, 4.69) is 27.1 Å². The number of rotatable bonds is 3. The lowest BCUT2D eigenvalue weighted by Gasteiger charge is -2.07. The van der Waals surface area contributed by atoms with Crippen molar-refractivity contribution in [1.29, 1.82) is 0 Å². The number of hydrogen-bond acceptors (Lipinski definition) is 2. The first-order valence-corrected chi connectivity index (χ1v) is 6.13. The molecule has 4 heteroatoms. The van der Waals surface area contributed by atoms with Crippen LogP contribution in [0.4, 0.5) is 0 Å². The van der Waals surface area contributed by atoms with Crippen LogP contribution in [0.1, 0.15) is 11.1 Å². The predicted molar refractivity (Wildman–Crippen MR) is 67.1 cm³/mol. The monoisotopic (exact) mass is 280 g/mol. The molecule has 2 rings (SSSR count). The van der Waals surface area contributed by atoms with Crippen molar-refractivity contribution >= 4 is 15.9 Å². The van der Waals surface area contributed by atoms with Crippen molar-refractivity contribution in [2.45, 2.75) is 12.3 Å². The lowest BCUT2D eigenvalue weighted by atomic mass is 10.1. The fourth-order valence-electron chi connectivity index (χ4n) is 1.49. The van der Waals surface area contributed by atoms with Gasteiger partial charge in [-0.15, -0.1) is 0 Å². The van der Waals surface area contributed by atoms with Crippen LogP contribution >= 0.6 is 15.9 Å². The standard InChI is InChI=1S/C12H13BrN2O/c1-9-5-10(6-13)3-4-12(9)16-11-7-14-15(2)8-11/h3-5,7-8H,6H2,1-2H3. The van der Waals surface area contributed by atoms with E-state index < -0.39 is 0 Å². The molecule has 2 aromatic rings. The van der Waals surface area contributed by atoms with Gasteiger partial charge < -0.3 is 4.74 Å². The summed E-state index contributed by atoms with van der Waals surface area (Å²) in [6.45, 7) is 2.04. The summed E-state index contributed by atoms with van der Waals surface area (Å²) in [5.41, 5.74) is 2.37. The van der Waals surface area contributed by atoms with E-state index in [0.29, 0.717) is 0 Å². The number of aromatic nitrogens is 2. The lowest BCUT2D eigenvalue weighted by Crippen LogP contribution is -1.88. The second-order valence-corrected chi connectivity index (χ2v) is 4.25. The second-order valence-electron chi connectivity index (χ2n) is 3.69. The van der Waals surface area contributed by atoms with Crippen molar-refractivity contribution in [3.63, 3.8) is 0 Å². The minimum absolute atomic E-state index is 0.761. The van der Waals surface area contributed by atoms with Crippen molar-refractivity contribution in [3.8, 4) is 11.5 Å². The average molecular weight is 281 g/mol. The smallest absolute Gasteiger partial charge is 0.165 e. The van der Waals surface area contributed by atoms with Gasteiger partial charge in [0.05, 0.1) is 12.4 Å². The van der Waals surface area contributed by atoms with Gasteiger partial charge in [0.2, 0.25) is 0 Å². The summed E-state index contributed by atoms with van der Waals surface area (Å²) in [6, 6.07) is 6.15. The Labute approximate surface area is 103 Å². The van der Waals surface area contributed by atoms with Gasteiger partial charge in [-0.1, -0.05) is 28.1 Å². The molecule has 0 aliphatic carbocycles. The number of ether oxygens (including phenoxy) is 1. The van der Waals surface area contributed by atoms with E-state index in [1.54, 1.807) is 10.9 Å². The highest BCUT2D eigenvalue weighted by Gasteiger charge is 2.03. The van der Waals surface area contributed by atoms with E-state index in [4.69, 9.17) is 4.74 Å². The molecule has 0 aliphatic heterocycles. The van der Waals surface area contributed by atoms with Crippen molar-refractivity contribution in [3.05, 3.63) is 41.7 Å². The van der Waals surface area contributed by atoms with Crippen molar-refractivity contribution in [1.82, 2.24) is 9.78 Å². The molecule has 0 unspecified atom stereocenters. The Morgan fingerprint density at radius 3 is 2.81 bits per heavy atom. The molecule has 0 spiro atoms. The maximum Gasteiger partial charge on any atom is 0.165 e. The Hall–Kier alpha value is -1.29. The molecule has 3 nitrogen and oxygen atoms in total. The fourth-order valence-corrected chi connectivity index (χ4v) is 1.84. The number of benzene rings is 1. The van der Waals surface area contributed by atoms with E-state index in [1.807, 2.05) is 32.3 Å². The van der Waals surface area contributed by atoms with Crippen LogP contribution in [0.3, 0.4) is 0 Å². The van der Waals surface area contributed by atoms with Crippen LogP contribution in [0.25, 0.3) is 0 Å². The molecular weight excluding hydrogens is 268 g/mol. The third-order valence-corrected chi connectivity index (χ3v) is 2.95. The van der Waals surface area contributed by atoms with Crippen molar-refractivity contribution < 1.29 is 4.74 Å². The molecule has 0 aliphatic rings. The first kappa shape index (κ1) is 11.2. The summed E-state index contributed by atoms with van der Waals surface area (Å²) in [5, 5.41) is 4.92. The highest BCUT2D eigenvalue weighted by molar-refractivity contribution is 9.08. The van der Waals surface area contributed by atoms with Crippen LogP contribution in [0.15, 0.2) is 30.6 Å². The number of halogens is 1. The zero-order valence-electron chi connectivity index (χ0n) is 9.27. The first-order valence-electron chi connectivity index (χ1n) is 5.01. The van der Waals surface area contributed by atoms with Crippen LogP contribution in [0.2, 0.25) is 0 Å². The summed E-state index contributed by atoms with van der Waals surface area (Å²) in [6.07, 6.45) is 3.55. The number of hydrogen-bond donors (Lipinski definition) is 0. The molecule has 0 saturated heterocycles. The quantitative estimate of drug-likeness (QED) is 0.806. The van der Waals surface area contributed by atoms with Crippen LogP contribution in [-0.4, -0.2) is 9.78 Å². The largest absolute Gasteiger partial charge is 0.454 e. The number of aryl methyl sites for hydroxylation is 2. The third-order valence-electron chi connectivity index (χ3n) is 2.30. The minimum atomic E-state index is 0.761. The Morgan fingerprint density at radius 2 is 2.25 bits per heavy atom. The van der Waals surface area contributed by atoms with E-state index in [9.17, 15) is 0 Å². The van der Waals surface area contributed by atoms with Gasteiger partial charge >= 0.3 is 0 Å². The molecule has 0 saturated carbocycles. The van der Waals surface area contributed by atoms with Crippen LogP contribution < -0.4 is 4.74 Å². The van der Waals surface area contributed by atoms with Crippen molar-refractivity contribution in [2.24, 2.45) is 7.05 Å². The molecule has 16 heavy (non-hydrogen) atoms. The van der Waals surface area contributed by atoms with Crippen LogP contribution in [0, 0.1) is 6.92 Å². The summed E-state index contributed by atoms with van der Waals surface area (Å²) in [7, 11) is 1.87. The third kappa shape index (κ3) is 2.44. The summed E-state index contributed by atoms with van der Waals surface area (Å²) < 4.78 is 7.45. The maximum absolute atomic E-state index is 5.73. The molecule has 0 fully saturated rings. The fraction of sp³-hybridized carbons (Fsp3) is 0.250. The predicted octanol–water partition coefficient (Wildman–Crippen LogP) is 3.42. The van der Waals surface area contributed by atoms with Gasteiger partial charge in [-0.2, -0.15) is 5.10 Å². The van der Waals surface area contributed by atoms with Gasteiger partial charge in [0, 0.05) is 12.4 Å². The highest BCUT2D eigenvalue weighted by Crippen LogP contribution is 2.25. The van der Waals surface area contributed by atoms with E-state index in [-0.39, 0.29) is 0 Å². The molecule has 0 radical (unpaired) electrons. The van der Waals surface area contributed by atoms with Gasteiger partial charge in [0.25, 0.3) is 0 Å². The number of alkyl halides is 1. The molecule has 0 bridgehead atoms. The highest BCUT2D eigenvalue weighted by atomic mass is 79.9. The number of nitrogens with zero attached hydrogens (tertiary/aromatic N) is 2. The zero-order chi connectivity index (χ0) is 11.5. The molecule has 1 aromatic carbocycles. The molecule has 0 atom stereocenters. The second kappa shape index (κ2) is 4.70. The van der Waals surface area contributed by atoms with Crippen LogP contribution in [0.5, 0.6) is 11.5 Å². The minimum Gasteiger partial charge on any atom is -0.454 e. The van der Waals surface area contributed by atoms with Gasteiger partial charge in [0.15, 0.2) is 5.75 Å². The lowest BCUT2D eigenvalue weighted by molar-refractivity contribution is 0.478. The maximum atomic E-state index is 5.73. The van der Waals surface area contributed by atoms with E-state index in [0.717, 1.165) is 22.4 Å². The molecule has 1 heterocycles. The summed E-state index contributed by atoms with van der Waals surface area (Å²) in [4.78, 5) is 0. The zero-order valence-corrected chi connectivity index (χ0v) is 10.9. The topological polar surface area (TPSA) is 27.1 Å². The Balaban J connectivity index is 2.21. The Kier molecular flexibility index (Phi) is 3.29. The van der Waals surface area contributed by atoms with Gasteiger partial charge in [-0.3, -0.25) is 4.68 Å². The molecule has 0 amide bonds. The molecular formula is C12H13BrN2O. The van der Waals surface area contributed by atoms with Gasteiger partial charge in [0.1, 0.15) is 5.75 Å². The Morgan fingerprint density at radius 1 is 1.44 bits per heavy atom. The first-order chi connectivity index (χ1) is 7.69. The normalized spacial score (nSPS) is 10.4. The molecule has 0 N–H and O–H groups in total. The van der Waals surface area contributed by atoms with E-state index in [1.165, 1.54) is 5.56 Å². The SMILES string of the molecule is Cc1cc(CBr)ccc1Oc1cnn(C)c1. The molecule has 1 aromatic heterocycles.